The van der Waals surface area contributed by atoms with Crippen LogP contribution in [0, 0.1) is 5.82 Å². The van der Waals surface area contributed by atoms with Gasteiger partial charge in [0, 0.05) is 61.5 Å². The molecule has 0 saturated carbocycles. The molecule has 0 bridgehead atoms. The highest BCUT2D eigenvalue weighted by Crippen LogP contribution is 2.38. The van der Waals surface area contributed by atoms with Crippen molar-refractivity contribution in [1.29, 1.82) is 0 Å². The summed E-state index contributed by atoms with van der Waals surface area (Å²) in [5.74, 6) is -1.02. The molecule has 7 rings (SSSR count). The van der Waals surface area contributed by atoms with Gasteiger partial charge in [-0.05, 0) is 56.4 Å². The molecule has 0 unspecified atom stereocenters. The van der Waals surface area contributed by atoms with Gasteiger partial charge in [-0.2, -0.15) is 4.98 Å². The Labute approximate surface area is 296 Å². The third-order valence-electron chi connectivity index (χ3n) is 9.64. The van der Waals surface area contributed by atoms with E-state index in [1.165, 1.54) is 19.4 Å². The van der Waals surface area contributed by atoms with Crippen molar-refractivity contribution >= 4 is 40.0 Å². The van der Waals surface area contributed by atoms with E-state index < -0.39 is 28.8 Å². The number of aromatic nitrogens is 4. The molecule has 2 saturated heterocycles. The van der Waals surface area contributed by atoms with Gasteiger partial charge in [0.05, 0.1) is 36.2 Å². The lowest BCUT2D eigenvalue weighted by Gasteiger charge is -2.43. The Kier molecular flexibility index (Phi) is 9.12. The molecule has 264 valence electrons. The molecule has 2 N–H and O–H groups in total. The predicted molar refractivity (Wildman–Crippen MR) is 191 cm³/mol. The van der Waals surface area contributed by atoms with Crippen molar-refractivity contribution in [2.45, 2.75) is 24.4 Å². The number of fused-ring (bicyclic) bond motifs is 1. The number of aromatic carboxylic acids is 1. The number of halogens is 2. The molecule has 6 heterocycles. The van der Waals surface area contributed by atoms with E-state index in [1.54, 1.807) is 47.3 Å². The summed E-state index contributed by atoms with van der Waals surface area (Å²) in [4.78, 5) is 55.2. The van der Waals surface area contributed by atoms with Gasteiger partial charge in [0.25, 0.3) is 0 Å². The number of H-pyrrole nitrogens is 1. The lowest BCUT2D eigenvalue weighted by atomic mass is 9.98. The number of aromatic amines is 1. The van der Waals surface area contributed by atoms with Gasteiger partial charge in [0.2, 0.25) is 22.7 Å². The first-order chi connectivity index (χ1) is 24.5. The molecule has 1 aromatic carbocycles. The van der Waals surface area contributed by atoms with Crippen LogP contribution in [0.15, 0.2) is 76.7 Å². The Balaban J connectivity index is 1.29. The van der Waals surface area contributed by atoms with E-state index in [4.69, 9.17) is 21.1 Å². The zero-order valence-corrected chi connectivity index (χ0v) is 28.8. The first-order valence-electron chi connectivity index (χ1n) is 16.3. The third-order valence-corrected chi connectivity index (χ3v) is 9.93. The van der Waals surface area contributed by atoms with Crippen LogP contribution < -0.4 is 30.3 Å². The molecule has 2 aliphatic heterocycles. The lowest BCUT2D eigenvalue weighted by Crippen LogP contribution is -2.57. The van der Waals surface area contributed by atoms with Crippen LogP contribution in [0.3, 0.4) is 0 Å². The fraction of sp³-hybridized carbons (Fsp3) is 0.306. The molecule has 2 atom stereocenters. The number of ether oxygens (including phenoxy) is 2. The first kappa shape index (κ1) is 34.0. The highest BCUT2D eigenvalue weighted by Gasteiger charge is 2.36. The maximum absolute atomic E-state index is 16.3. The minimum Gasteiger partial charge on any atom is -0.481 e. The molecule has 15 heteroatoms. The quantitative estimate of drug-likeness (QED) is 0.215. The first-order valence-corrected chi connectivity index (χ1v) is 16.7. The van der Waals surface area contributed by atoms with Gasteiger partial charge < -0.3 is 38.8 Å². The van der Waals surface area contributed by atoms with Crippen LogP contribution in [0.5, 0.6) is 11.8 Å². The van der Waals surface area contributed by atoms with Crippen LogP contribution in [0.2, 0.25) is 5.02 Å². The zero-order chi connectivity index (χ0) is 36.0. The number of anilines is 2. The van der Waals surface area contributed by atoms with Crippen molar-refractivity contribution in [3.63, 3.8) is 0 Å². The molecule has 4 aromatic heterocycles. The number of benzene rings is 1. The van der Waals surface area contributed by atoms with Gasteiger partial charge in [0.1, 0.15) is 28.8 Å². The molecule has 0 spiro atoms. The SMILES string of the molecule is COc1ccc(Cl)c(OC[C@H]2C[C@H](c3ccc(=O)[nH]c3)CN2c2cc3c(cc2F)c(=O)c(C(=O)O)cn3-c2ccc(N3CC(N(C)C)C3)nc2)n1. The summed E-state index contributed by atoms with van der Waals surface area (Å²) < 4.78 is 29.1. The number of hydrogen-bond acceptors (Lipinski definition) is 10. The smallest absolute Gasteiger partial charge is 0.341 e. The van der Waals surface area contributed by atoms with Crippen LogP contribution in [-0.4, -0.2) is 95.0 Å². The van der Waals surface area contributed by atoms with Gasteiger partial charge >= 0.3 is 5.97 Å². The fourth-order valence-corrected chi connectivity index (χ4v) is 6.84. The normalized spacial score (nSPS) is 17.6. The number of pyridine rings is 4. The van der Waals surface area contributed by atoms with Gasteiger partial charge in [-0.1, -0.05) is 17.7 Å². The molecule has 5 aromatic rings. The topological polar surface area (TPSA) is 146 Å². The van der Waals surface area contributed by atoms with Crippen molar-refractivity contribution in [1.82, 2.24) is 24.4 Å². The summed E-state index contributed by atoms with van der Waals surface area (Å²) in [5, 5.41) is 10.1. The summed E-state index contributed by atoms with van der Waals surface area (Å²) in [6, 6.07) is 12.7. The Bertz CT molecular complexity index is 2220. The van der Waals surface area contributed by atoms with Crippen LogP contribution in [0.25, 0.3) is 16.6 Å². The van der Waals surface area contributed by atoms with E-state index in [0.29, 0.717) is 36.1 Å². The summed E-state index contributed by atoms with van der Waals surface area (Å²) in [6.45, 7) is 2.07. The Morgan fingerprint density at radius 2 is 1.92 bits per heavy atom. The van der Waals surface area contributed by atoms with Crippen molar-refractivity contribution in [3.05, 3.63) is 110 Å². The second kappa shape index (κ2) is 13.7. The highest BCUT2D eigenvalue weighted by atomic mass is 35.5. The van der Waals surface area contributed by atoms with E-state index in [1.807, 2.05) is 25.1 Å². The van der Waals surface area contributed by atoms with Crippen LogP contribution in [0.4, 0.5) is 15.9 Å². The lowest BCUT2D eigenvalue weighted by molar-refractivity contribution is 0.0695. The summed E-state index contributed by atoms with van der Waals surface area (Å²) in [5.41, 5.74) is 0.306. The van der Waals surface area contributed by atoms with Gasteiger partial charge in [-0.25, -0.2) is 14.2 Å². The molecule has 2 fully saturated rings. The summed E-state index contributed by atoms with van der Waals surface area (Å²) in [7, 11) is 5.55. The van der Waals surface area contributed by atoms with E-state index in [9.17, 15) is 19.5 Å². The van der Waals surface area contributed by atoms with E-state index in [2.05, 4.69) is 24.8 Å². The molecular weight excluding hydrogens is 681 g/mol. The van der Waals surface area contributed by atoms with Crippen molar-refractivity contribution < 1.29 is 23.8 Å². The zero-order valence-electron chi connectivity index (χ0n) is 28.0. The van der Waals surface area contributed by atoms with Crippen LogP contribution in [-0.2, 0) is 0 Å². The predicted octanol–water partition coefficient (Wildman–Crippen LogP) is 4.16. The number of carbonyl (C=O) groups is 1. The Hall–Kier alpha value is -5.47. The average molecular weight is 716 g/mol. The molecule has 2 aliphatic rings. The number of carboxylic acid groups (broad SMARTS) is 1. The maximum Gasteiger partial charge on any atom is 0.341 e. The Morgan fingerprint density at radius 3 is 2.59 bits per heavy atom. The summed E-state index contributed by atoms with van der Waals surface area (Å²) in [6.07, 6.45) is 5.03. The highest BCUT2D eigenvalue weighted by molar-refractivity contribution is 6.31. The number of nitrogens with zero attached hydrogens (tertiary/aromatic N) is 6. The molecular formula is C36H35ClFN7O6. The minimum atomic E-state index is -1.43. The number of methoxy groups -OCH3 is 1. The van der Waals surface area contributed by atoms with E-state index >= 15 is 4.39 Å². The number of carboxylic acids is 1. The second-order valence-corrected chi connectivity index (χ2v) is 13.3. The number of likely N-dealkylation sites (N-methyl/N-ethyl adjacent to an activating group) is 1. The maximum atomic E-state index is 16.3. The largest absolute Gasteiger partial charge is 0.481 e. The van der Waals surface area contributed by atoms with Crippen molar-refractivity contribution in [3.8, 4) is 17.4 Å². The van der Waals surface area contributed by atoms with E-state index in [0.717, 1.165) is 30.5 Å². The van der Waals surface area contributed by atoms with Crippen molar-refractivity contribution in [2.24, 2.45) is 0 Å². The third kappa shape index (κ3) is 6.59. The summed E-state index contributed by atoms with van der Waals surface area (Å²) >= 11 is 6.37. The van der Waals surface area contributed by atoms with E-state index in [-0.39, 0.29) is 40.1 Å². The fourth-order valence-electron chi connectivity index (χ4n) is 6.68. The molecule has 0 radical (unpaired) electrons. The molecule has 0 amide bonds. The van der Waals surface area contributed by atoms with Crippen molar-refractivity contribution in [2.75, 3.05) is 57.2 Å². The number of nitrogens with one attached hydrogen (secondary N) is 1. The number of hydrogen-bond donors (Lipinski definition) is 2. The average Bonchev–Trinajstić information content (AvgIpc) is 3.51. The Morgan fingerprint density at radius 1 is 1.12 bits per heavy atom. The minimum absolute atomic E-state index is 0.0680. The van der Waals surface area contributed by atoms with Gasteiger partial charge in [-0.15, -0.1) is 0 Å². The number of rotatable bonds is 10. The molecule has 0 aliphatic carbocycles. The van der Waals surface area contributed by atoms with Gasteiger partial charge in [-0.3, -0.25) is 9.59 Å². The van der Waals surface area contributed by atoms with Crippen LogP contribution >= 0.6 is 11.6 Å². The standard InChI is InChI=1S/C36H35ClFN7O6/c1-42(2)24-16-43(17-24)31-7-5-22(14-39-31)45-18-26(36(48)49)34(47)25-11-28(38)30(12-29(25)45)44-15-21(20-4-8-32(46)40-13-20)10-23(44)19-51-35-27(37)6-9-33(41-35)50-3/h4-9,11-14,18,21,23-24H,10,15-17,19H2,1-3H3,(H,40,46)(H,48,49)/t21-,23+/m0/s1. The molecule has 51 heavy (non-hydrogen) atoms. The van der Waals surface area contributed by atoms with Gasteiger partial charge in [0.15, 0.2) is 0 Å². The monoisotopic (exact) mass is 715 g/mol. The molecule has 13 nitrogen and oxygen atoms in total. The van der Waals surface area contributed by atoms with Crippen LogP contribution in [0.1, 0.15) is 28.3 Å². The second-order valence-electron chi connectivity index (χ2n) is 12.9.